The maximum Gasteiger partial charge on any atom is 0.335 e. The van der Waals surface area contributed by atoms with Crippen molar-refractivity contribution >= 4 is 40.2 Å². The number of carbonyl (C=O) groups is 2. The molecule has 34 heavy (non-hydrogen) atoms. The van der Waals surface area contributed by atoms with Gasteiger partial charge in [0.25, 0.3) is 0 Å². The smallest absolute Gasteiger partial charge is 0.335 e. The number of nitrogens with one attached hydrogen (secondary N) is 1. The molecule has 1 aliphatic heterocycles. The van der Waals surface area contributed by atoms with Gasteiger partial charge >= 0.3 is 5.97 Å². The number of carboxylic acids is 1. The van der Waals surface area contributed by atoms with Crippen LogP contribution in [0.15, 0.2) is 53.6 Å². The van der Waals surface area contributed by atoms with E-state index in [4.69, 9.17) is 21.5 Å². The van der Waals surface area contributed by atoms with E-state index in [-0.39, 0.29) is 16.6 Å². The van der Waals surface area contributed by atoms with Gasteiger partial charge in [0.15, 0.2) is 0 Å². The van der Waals surface area contributed by atoms with Crippen molar-refractivity contribution < 1.29 is 19.4 Å². The predicted molar refractivity (Wildman–Crippen MR) is 133 cm³/mol. The van der Waals surface area contributed by atoms with Gasteiger partial charge in [0.05, 0.1) is 24.5 Å². The number of amidine groups is 1. The van der Waals surface area contributed by atoms with Crippen LogP contribution >= 0.6 is 11.8 Å². The SMILES string of the molecule is N/N=C(/SC1(C(=O)NCc2cccc(N3CCOCC3)c2)CC1)N(N)c1ccc(C(=O)O)cc1. The van der Waals surface area contributed by atoms with Gasteiger partial charge < -0.3 is 25.9 Å². The van der Waals surface area contributed by atoms with Crippen LogP contribution in [0.2, 0.25) is 0 Å². The maximum atomic E-state index is 13.0. The maximum absolute atomic E-state index is 13.0. The minimum atomic E-state index is -1.03. The first-order valence-corrected chi connectivity index (χ1v) is 11.8. The molecule has 0 bridgehead atoms. The van der Waals surface area contributed by atoms with E-state index in [2.05, 4.69) is 27.5 Å². The molecule has 6 N–H and O–H groups in total. The summed E-state index contributed by atoms with van der Waals surface area (Å²) in [4.78, 5) is 26.4. The lowest BCUT2D eigenvalue weighted by Crippen LogP contribution is -2.41. The van der Waals surface area contributed by atoms with Gasteiger partial charge in [0, 0.05) is 25.3 Å². The number of carbonyl (C=O) groups excluding carboxylic acids is 1. The van der Waals surface area contributed by atoms with Crippen molar-refractivity contribution in [2.24, 2.45) is 16.8 Å². The fraction of sp³-hybridized carbons (Fsp3) is 0.348. The molecule has 1 heterocycles. The first kappa shape index (κ1) is 23.9. The van der Waals surface area contributed by atoms with E-state index in [1.54, 1.807) is 12.1 Å². The monoisotopic (exact) mass is 484 g/mol. The number of nitrogens with zero attached hydrogens (tertiary/aromatic N) is 3. The Kier molecular flexibility index (Phi) is 7.25. The molecule has 0 unspecified atom stereocenters. The number of hydrazone groups is 1. The first-order chi connectivity index (χ1) is 16.4. The Balaban J connectivity index is 1.36. The lowest BCUT2D eigenvalue weighted by Gasteiger charge is -2.29. The lowest BCUT2D eigenvalue weighted by molar-refractivity contribution is -0.121. The molecule has 0 atom stereocenters. The van der Waals surface area contributed by atoms with E-state index in [1.165, 1.54) is 28.9 Å². The molecule has 2 fully saturated rings. The second-order valence-electron chi connectivity index (χ2n) is 8.18. The molecule has 2 aromatic rings. The van der Waals surface area contributed by atoms with Crippen LogP contribution < -0.4 is 26.9 Å². The molecule has 2 aromatic carbocycles. The minimum absolute atomic E-state index is 0.0925. The van der Waals surface area contributed by atoms with Gasteiger partial charge in [-0.05, 0) is 54.8 Å². The molecule has 4 rings (SSSR count). The van der Waals surface area contributed by atoms with Gasteiger partial charge in [-0.2, -0.15) is 5.10 Å². The standard InChI is InChI=1S/C23H28N6O4S/c24-27-22(29(25)18-6-4-17(5-7-18)20(30)31)34-23(8-9-23)21(32)26-15-16-2-1-3-19(14-16)28-10-12-33-13-11-28/h1-7,14H,8-13,15,24-25H2,(H,26,32)(H,30,31)/b27-22+. The summed E-state index contributed by atoms with van der Waals surface area (Å²) in [7, 11) is 0. The van der Waals surface area contributed by atoms with E-state index >= 15 is 0 Å². The van der Waals surface area contributed by atoms with Crippen LogP contribution in [0.5, 0.6) is 0 Å². The molecular formula is C23H28N6O4S. The van der Waals surface area contributed by atoms with E-state index in [9.17, 15) is 9.59 Å². The van der Waals surface area contributed by atoms with E-state index < -0.39 is 10.7 Å². The topological polar surface area (TPSA) is 147 Å². The van der Waals surface area contributed by atoms with E-state index in [0.717, 1.165) is 24.3 Å². The first-order valence-electron chi connectivity index (χ1n) is 11.0. The van der Waals surface area contributed by atoms with Crippen molar-refractivity contribution in [3.63, 3.8) is 0 Å². The Morgan fingerprint density at radius 1 is 1.18 bits per heavy atom. The third-order valence-electron chi connectivity index (χ3n) is 5.85. The van der Waals surface area contributed by atoms with Gasteiger partial charge in [-0.15, -0.1) is 0 Å². The van der Waals surface area contributed by atoms with Crippen LogP contribution in [-0.4, -0.2) is 53.2 Å². The number of carboxylic acid groups (broad SMARTS) is 1. The fourth-order valence-corrected chi connectivity index (χ4v) is 4.78. The normalized spacial score (nSPS) is 17.2. The van der Waals surface area contributed by atoms with Crippen molar-refractivity contribution in [1.29, 1.82) is 0 Å². The Hall–Kier alpha value is -3.28. The van der Waals surface area contributed by atoms with Crippen LogP contribution in [0.25, 0.3) is 0 Å². The molecule has 1 saturated carbocycles. The highest BCUT2D eigenvalue weighted by Gasteiger charge is 2.52. The third-order valence-corrected chi connectivity index (χ3v) is 7.32. The molecule has 10 nitrogen and oxygen atoms in total. The van der Waals surface area contributed by atoms with Crippen LogP contribution in [0.4, 0.5) is 11.4 Å². The van der Waals surface area contributed by atoms with Crippen molar-refractivity contribution in [3.8, 4) is 0 Å². The average molecular weight is 485 g/mol. The Morgan fingerprint density at radius 3 is 2.50 bits per heavy atom. The largest absolute Gasteiger partial charge is 0.478 e. The Labute approximate surface area is 201 Å². The van der Waals surface area contributed by atoms with Crippen LogP contribution in [0.3, 0.4) is 0 Å². The quantitative estimate of drug-likeness (QED) is 0.200. The highest BCUT2D eigenvalue weighted by molar-refractivity contribution is 8.16. The number of ether oxygens (including phenoxy) is 1. The van der Waals surface area contributed by atoms with Crippen LogP contribution in [0, 0.1) is 0 Å². The summed E-state index contributed by atoms with van der Waals surface area (Å²) in [6, 6.07) is 14.2. The van der Waals surface area contributed by atoms with Gasteiger partial charge in [-0.3, -0.25) is 9.80 Å². The zero-order valence-electron chi connectivity index (χ0n) is 18.6. The second kappa shape index (κ2) is 10.3. The molecule has 180 valence electrons. The number of rotatable bonds is 7. The van der Waals surface area contributed by atoms with Crippen molar-refractivity contribution in [1.82, 2.24) is 5.32 Å². The number of hydrogen-bond acceptors (Lipinski definition) is 8. The zero-order chi connectivity index (χ0) is 24.1. The Morgan fingerprint density at radius 2 is 1.88 bits per heavy atom. The molecule has 1 amide bonds. The lowest BCUT2D eigenvalue weighted by atomic mass is 10.1. The number of benzene rings is 2. The summed E-state index contributed by atoms with van der Waals surface area (Å²) in [6.07, 6.45) is 1.37. The number of anilines is 2. The van der Waals surface area contributed by atoms with Crippen LogP contribution in [-0.2, 0) is 16.1 Å². The number of morpholine rings is 1. The number of aromatic carboxylic acids is 1. The summed E-state index contributed by atoms with van der Waals surface area (Å²) in [5.74, 6) is 10.6. The van der Waals surface area contributed by atoms with Gasteiger partial charge in [-0.25, -0.2) is 10.6 Å². The van der Waals surface area contributed by atoms with E-state index in [0.29, 0.717) is 38.3 Å². The average Bonchev–Trinajstić information content (AvgIpc) is 3.67. The van der Waals surface area contributed by atoms with Gasteiger partial charge in [-0.1, -0.05) is 23.9 Å². The summed E-state index contributed by atoms with van der Waals surface area (Å²) in [5.41, 5.74) is 2.80. The molecule has 11 heteroatoms. The predicted octanol–water partition coefficient (Wildman–Crippen LogP) is 1.71. The van der Waals surface area contributed by atoms with Crippen LogP contribution in [0.1, 0.15) is 28.8 Å². The highest BCUT2D eigenvalue weighted by atomic mass is 32.2. The molecule has 0 radical (unpaired) electrons. The number of hydrogen-bond donors (Lipinski definition) is 4. The molecule has 0 aromatic heterocycles. The molecule has 0 spiro atoms. The summed E-state index contributed by atoms with van der Waals surface area (Å²) in [5, 5.41) is 17.4. The number of hydrazine groups is 1. The molecule has 1 saturated heterocycles. The molecule has 1 aliphatic carbocycles. The minimum Gasteiger partial charge on any atom is -0.478 e. The van der Waals surface area contributed by atoms with E-state index in [1.807, 2.05) is 12.1 Å². The summed E-state index contributed by atoms with van der Waals surface area (Å²) < 4.78 is 4.74. The summed E-state index contributed by atoms with van der Waals surface area (Å²) >= 11 is 1.22. The van der Waals surface area contributed by atoms with Crippen molar-refractivity contribution in [2.45, 2.75) is 24.1 Å². The summed E-state index contributed by atoms with van der Waals surface area (Å²) in [6.45, 7) is 3.55. The zero-order valence-corrected chi connectivity index (χ0v) is 19.5. The molecular weight excluding hydrogens is 456 g/mol. The van der Waals surface area contributed by atoms with Crippen molar-refractivity contribution in [3.05, 3.63) is 59.7 Å². The number of amides is 1. The second-order valence-corrected chi connectivity index (χ2v) is 9.53. The highest BCUT2D eigenvalue weighted by Crippen LogP contribution is 2.49. The van der Waals surface area contributed by atoms with Crippen molar-refractivity contribution in [2.75, 3.05) is 36.2 Å². The third kappa shape index (κ3) is 5.44. The Bertz CT molecular complexity index is 1070. The number of thioether (sulfide) groups is 1. The van der Waals surface area contributed by atoms with Gasteiger partial charge in [0.1, 0.15) is 4.75 Å². The van der Waals surface area contributed by atoms with Gasteiger partial charge in [0.2, 0.25) is 11.1 Å². The number of nitrogens with two attached hydrogens (primary N) is 2. The fourth-order valence-electron chi connectivity index (χ4n) is 3.70. The molecule has 2 aliphatic rings.